The third kappa shape index (κ3) is 2.86. The van der Waals surface area contributed by atoms with Gasteiger partial charge in [0.25, 0.3) is 0 Å². The Hall–Kier alpha value is -2.21. The quantitative estimate of drug-likeness (QED) is 0.929. The molecule has 2 aromatic heterocycles. The van der Waals surface area contributed by atoms with Crippen LogP contribution in [0.5, 0.6) is 0 Å². The molecule has 1 aliphatic carbocycles. The highest BCUT2D eigenvalue weighted by Crippen LogP contribution is 2.30. The average Bonchev–Trinajstić information content (AvgIpc) is 2.99. The van der Waals surface area contributed by atoms with E-state index in [0.717, 1.165) is 24.3 Å². The number of nitrogens with one attached hydrogen (secondary N) is 1. The first-order chi connectivity index (χ1) is 11.3. The van der Waals surface area contributed by atoms with E-state index in [-0.39, 0.29) is 11.9 Å². The Morgan fingerprint density at radius 3 is 2.96 bits per heavy atom. The fraction of sp³-hybridized carbons (Fsp3) is 0.471. The van der Waals surface area contributed by atoms with Crippen LogP contribution in [-0.2, 0) is 17.9 Å². The van der Waals surface area contributed by atoms with Gasteiger partial charge in [-0.05, 0) is 30.5 Å². The maximum atomic E-state index is 12.7. The van der Waals surface area contributed by atoms with E-state index in [1.54, 1.807) is 18.6 Å². The second kappa shape index (κ2) is 6.12. The molecule has 4 rings (SSSR count). The van der Waals surface area contributed by atoms with Gasteiger partial charge in [-0.3, -0.25) is 19.4 Å². The van der Waals surface area contributed by atoms with Gasteiger partial charge in [0, 0.05) is 44.3 Å². The molecule has 0 bridgehead atoms. The standard InChI is InChI=1S/C17H21N5O/c23-17(19-10-13-3-2-7-18-9-13)16-12-21(14-4-1-5-14)11-15-6-8-20-22(15)16/h2-3,6-9,14,16H,1,4-5,10-12H2,(H,19,23)/t16-/m1/s1. The van der Waals surface area contributed by atoms with Gasteiger partial charge in [0.1, 0.15) is 6.04 Å². The van der Waals surface area contributed by atoms with Crippen molar-refractivity contribution in [3.63, 3.8) is 0 Å². The van der Waals surface area contributed by atoms with Crippen LogP contribution in [0.2, 0.25) is 0 Å². The minimum atomic E-state index is -0.244. The lowest BCUT2D eigenvalue weighted by molar-refractivity contribution is -0.126. The molecule has 6 heteroatoms. The Morgan fingerprint density at radius 2 is 2.22 bits per heavy atom. The highest BCUT2D eigenvalue weighted by Gasteiger charge is 2.35. The molecule has 2 aliphatic rings. The van der Waals surface area contributed by atoms with Gasteiger partial charge in [0.2, 0.25) is 5.91 Å². The lowest BCUT2D eigenvalue weighted by Crippen LogP contribution is -2.50. The normalized spacial score (nSPS) is 21.5. The lowest BCUT2D eigenvalue weighted by Gasteiger charge is -2.42. The zero-order valence-corrected chi connectivity index (χ0v) is 13.1. The molecule has 0 radical (unpaired) electrons. The predicted octanol–water partition coefficient (Wildman–Crippen LogP) is 1.50. The number of fused-ring (bicyclic) bond motifs is 1. The summed E-state index contributed by atoms with van der Waals surface area (Å²) in [6.45, 7) is 2.15. The molecule has 6 nitrogen and oxygen atoms in total. The van der Waals surface area contributed by atoms with Crippen LogP contribution in [0.25, 0.3) is 0 Å². The first kappa shape index (κ1) is 14.4. The first-order valence-corrected chi connectivity index (χ1v) is 8.24. The molecular weight excluding hydrogens is 290 g/mol. The van der Waals surface area contributed by atoms with Crippen LogP contribution in [0.1, 0.15) is 36.6 Å². The van der Waals surface area contributed by atoms with E-state index in [9.17, 15) is 4.79 Å². The van der Waals surface area contributed by atoms with Crippen molar-refractivity contribution in [2.75, 3.05) is 6.54 Å². The first-order valence-electron chi connectivity index (χ1n) is 8.24. The number of nitrogens with zero attached hydrogens (tertiary/aromatic N) is 4. The number of pyridine rings is 1. The largest absolute Gasteiger partial charge is 0.350 e. The number of carbonyl (C=O) groups excluding carboxylic acids is 1. The molecule has 0 spiro atoms. The summed E-state index contributed by atoms with van der Waals surface area (Å²) < 4.78 is 1.88. The summed E-state index contributed by atoms with van der Waals surface area (Å²) in [5.74, 6) is 0.0304. The summed E-state index contributed by atoms with van der Waals surface area (Å²) in [5.41, 5.74) is 2.14. The second-order valence-electron chi connectivity index (χ2n) is 6.38. The molecule has 0 saturated heterocycles. The van der Waals surface area contributed by atoms with Crippen molar-refractivity contribution < 1.29 is 4.79 Å². The topological polar surface area (TPSA) is 63.1 Å². The minimum absolute atomic E-state index is 0.0304. The summed E-state index contributed by atoms with van der Waals surface area (Å²) >= 11 is 0. The zero-order valence-electron chi connectivity index (χ0n) is 13.1. The monoisotopic (exact) mass is 311 g/mol. The van der Waals surface area contributed by atoms with Crippen LogP contribution in [0.4, 0.5) is 0 Å². The van der Waals surface area contributed by atoms with E-state index in [1.165, 1.54) is 19.3 Å². The Bertz CT molecular complexity index is 679. The summed E-state index contributed by atoms with van der Waals surface area (Å²) in [6, 6.07) is 6.25. The van der Waals surface area contributed by atoms with Crippen LogP contribution in [0, 0.1) is 0 Å². The number of hydrogen-bond donors (Lipinski definition) is 1. The highest BCUT2D eigenvalue weighted by molar-refractivity contribution is 5.80. The van der Waals surface area contributed by atoms with Crippen LogP contribution < -0.4 is 5.32 Å². The summed E-state index contributed by atoms with van der Waals surface area (Å²) in [6.07, 6.45) is 9.11. The van der Waals surface area contributed by atoms with Crippen molar-refractivity contribution in [1.29, 1.82) is 0 Å². The molecule has 2 aromatic rings. The fourth-order valence-corrected chi connectivity index (χ4v) is 3.35. The zero-order chi connectivity index (χ0) is 15.6. The molecule has 0 aromatic carbocycles. The smallest absolute Gasteiger partial charge is 0.246 e. The van der Waals surface area contributed by atoms with Gasteiger partial charge in [0.05, 0.1) is 5.69 Å². The molecule has 1 amide bonds. The number of amides is 1. The second-order valence-corrected chi connectivity index (χ2v) is 6.38. The summed E-state index contributed by atoms with van der Waals surface area (Å²) in [7, 11) is 0. The molecule has 1 saturated carbocycles. The Kier molecular flexibility index (Phi) is 3.83. The van der Waals surface area contributed by atoms with E-state index in [1.807, 2.05) is 22.9 Å². The molecule has 3 heterocycles. The maximum absolute atomic E-state index is 12.7. The molecule has 120 valence electrons. The van der Waals surface area contributed by atoms with Crippen molar-refractivity contribution >= 4 is 5.91 Å². The van der Waals surface area contributed by atoms with Gasteiger partial charge in [-0.1, -0.05) is 12.5 Å². The summed E-state index contributed by atoms with van der Waals surface area (Å²) in [5, 5.41) is 7.40. The van der Waals surface area contributed by atoms with Gasteiger partial charge in [-0.2, -0.15) is 5.10 Å². The molecule has 1 atom stereocenters. The molecule has 1 aliphatic heterocycles. The van der Waals surface area contributed by atoms with Crippen molar-refractivity contribution in [3.8, 4) is 0 Å². The molecule has 23 heavy (non-hydrogen) atoms. The highest BCUT2D eigenvalue weighted by atomic mass is 16.2. The van der Waals surface area contributed by atoms with Crippen molar-refractivity contribution in [1.82, 2.24) is 25.0 Å². The van der Waals surface area contributed by atoms with Gasteiger partial charge < -0.3 is 5.32 Å². The average molecular weight is 311 g/mol. The fourth-order valence-electron chi connectivity index (χ4n) is 3.35. The van der Waals surface area contributed by atoms with E-state index in [2.05, 4.69) is 20.3 Å². The van der Waals surface area contributed by atoms with Gasteiger partial charge in [-0.15, -0.1) is 0 Å². The summed E-state index contributed by atoms with van der Waals surface area (Å²) in [4.78, 5) is 19.2. The molecule has 1 fully saturated rings. The van der Waals surface area contributed by atoms with Gasteiger partial charge >= 0.3 is 0 Å². The van der Waals surface area contributed by atoms with E-state index in [4.69, 9.17) is 0 Å². The third-order valence-electron chi connectivity index (χ3n) is 4.90. The van der Waals surface area contributed by atoms with Gasteiger partial charge in [-0.25, -0.2) is 0 Å². The van der Waals surface area contributed by atoms with E-state index < -0.39 is 0 Å². The SMILES string of the molecule is O=C(NCc1cccnc1)[C@H]1CN(C2CCC2)Cc2ccnn21. The van der Waals surface area contributed by atoms with Crippen LogP contribution >= 0.6 is 0 Å². The van der Waals surface area contributed by atoms with Gasteiger partial charge in [0.15, 0.2) is 0 Å². The van der Waals surface area contributed by atoms with Crippen molar-refractivity contribution in [2.45, 2.75) is 44.4 Å². The lowest BCUT2D eigenvalue weighted by atomic mass is 9.90. The van der Waals surface area contributed by atoms with Crippen LogP contribution in [-0.4, -0.2) is 38.2 Å². The number of carbonyl (C=O) groups is 1. The Balaban J connectivity index is 1.47. The molecule has 1 N–H and O–H groups in total. The Morgan fingerprint density at radius 1 is 1.30 bits per heavy atom. The third-order valence-corrected chi connectivity index (χ3v) is 4.90. The number of hydrogen-bond acceptors (Lipinski definition) is 4. The molecule has 0 unspecified atom stereocenters. The maximum Gasteiger partial charge on any atom is 0.246 e. The minimum Gasteiger partial charge on any atom is -0.350 e. The van der Waals surface area contributed by atoms with Crippen LogP contribution in [0.3, 0.4) is 0 Å². The van der Waals surface area contributed by atoms with Crippen molar-refractivity contribution in [2.24, 2.45) is 0 Å². The Labute approximate surface area is 135 Å². The van der Waals surface area contributed by atoms with E-state index in [0.29, 0.717) is 12.6 Å². The van der Waals surface area contributed by atoms with Crippen LogP contribution in [0.15, 0.2) is 36.8 Å². The molecular formula is C17H21N5O. The predicted molar refractivity (Wildman–Crippen MR) is 85.4 cm³/mol. The van der Waals surface area contributed by atoms with E-state index >= 15 is 0 Å². The number of rotatable bonds is 4. The number of aromatic nitrogens is 3. The van der Waals surface area contributed by atoms with Crippen molar-refractivity contribution in [3.05, 3.63) is 48.0 Å².